The van der Waals surface area contributed by atoms with Gasteiger partial charge in [0.1, 0.15) is 5.60 Å². The van der Waals surface area contributed by atoms with Gasteiger partial charge in [-0.3, -0.25) is 4.84 Å². The summed E-state index contributed by atoms with van der Waals surface area (Å²) in [4.78, 5) is 19.8. The number of fused-ring (bicyclic) bond motifs is 1. The zero-order valence-corrected chi connectivity index (χ0v) is 16.0. The SMILES string of the molecule is C=CCONC1CN(C(=O)OC(C)(C)C)Cc2c1cnn2-c1ccccc1. The van der Waals surface area contributed by atoms with Gasteiger partial charge in [0, 0.05) is 12.1 Å². The third-order valence-electron chi connectivity index (χ3n) is 4.10. The van der Waals surface area contributed by atoms with Crippen LogP contribution in [0.4, 0.5) is 4.79 Å². The molecule has 144 valence electrons. The van der Waals surface area contributed by atoms with Gasteiger partial charge in [0.05, 0.1) is 36.8 Å². The van der Waals surface area contributed by atoms with Crippen LogP contribution in [0.25, 0.3) is 5.69 Å². The molecule has 3 rings (SSSR count). The highest BCUT2D eigenvalue weighted by atomic mass is 16.6. The molecule has 1 amide bonds. The van der Waals surface area contributed by atoms with Gasteiger partial charge in [-0.05, 0) is 32.9 Å². The molecule has 7 heteroatoms. The van der Waals surface area contributed by atoms with Gasteiger partial charge in [-0.15, -0.1) is 6.58 Å². The minimum Gasteiger partial charge on any atom is -0.444 e. The minimum atomic E-state index is -0.556. The molecule has 1 atom stereocenters. The van der Waals surface area contributed by atoms with Crippen molar-refractivity contribution < 1.29 is 14.4 Å². The molecule has 1 aromatic carbocycles. The van der Waals surface area contributed by atoms with Gasteiger partial charge in [0.25, 0.3) is 0 Å². The van der Waals surface area contributed by atoms with Crippen molar-refractivity contribution in [3.05, 3.63) is 60.4 Å². The largest absolute Gasteiger partial charge is 0.444 e. The van der Waals surface area contributed by atoms with E-state index in [1.165, 1.54) is 0 Å². The molecule has 1 aromatic heterocycles. The number of aromatic nitrogens is 2. The summed E-state index contributed by atoms with van der Waals surface area (Å²) in [6.45, 7) is 10.4. The highest BCUT2D eigenvalue weighted by molar-refractivity contribution is 5.68. The van der Waals surface area contributed by atoms with Crippen LogP contribution in [0.3, 0.4) is 0 Å². The zero-order valence-electron chi connectivity index (χ0n) is 16.0. The number of hydrogen-bond donors (Lipinski definition) is 1. The topological polar surface area (TPSA) is 68.6 Å². The van der Waals surface area contributed by atoms with E-state index >= 15 is 0 Å². The van der Waals surface area contributed by atoms with Crippen molar-refractivity contribution >= 4 is 6.09 Å². The Morgan fingerprint density at radius 3 is 2.78 bits per heavy atom. The summed E-state index contributed by atoms with van der Waals surface area (Å²) >= 11 is 0. The molecule has 0 saturated carbocycles. The summed E-state index contributed by atoms with van der Waals surface area (Å²) < 4.78 is 7.42. The number of para-hydroxylation sites is 1. The molecule has 2 aromatic rings. The van der Waals surface area contributed by atoms with Crippen molar-refractivity contribution in [2.75, 3.05) is 13.2 Å². The Morgan fingerprint density at radius 2 is 2.11 bits per heavy atom. The highest BCUT2D eigenvalue weighted by Gasteiger charge is 2.34. The minimum absolute atomic E-state index is 0.210. The van der Waals surface area contributed by atoms with Crippen LogP contribution < -0.4 is 5.48 Å². The summed E-state index contributed by atoms with van der Waals surface area (Å²) in [6.07, 6.45) is 3.13. The first-order valence-electron chi connectivity index (χ1n) is 8.97. The summed E-state index contributed by atoms with van der Waals surface area (Å²) in [7, 11) is 0. The Hall–Kier alpha value is -2.64. The van der Waals surface area contributed by atoms with Gasteiger partial charge >= 0.3 is 6.09 Å². The van der Waals surface area contributed by atoms with E-state index in [2.05, 4.69) is 17.2 Å². The van der Waals surface area contributed by atoms with E-state index < -0.39 is 5.60 Å². The Bertz CT molecular complexity index is 795. The number of benzene rings is 1. The van der Waals surface area contributed by atoms with Crippen LogP contribution in [0.5, 0.6) is 0 Å². The highest BCUT2D eigenvalue weighted by Crippen LogP contribution is 2.29. The van der Waals surface area contributed by atoms with Crippen LogP contribution in [0.15, 0.2) is 49.2 Å². The summed E-state index contributed by atoms with van der Waals surface area (Å²) in [5.74, 6) is 0. The maximum Gasteiger partial charge on any atom is 0.410 e. The molecular weight excluding hydrogens is 344 g/mol. The second-order valence-corrected chi connectivity index (χ2v) is 7.42. The van der Waals surface area contributed by atoms with Crippen LogP contribution in [-0.4, -0.2) is 39.5 Å². The van der Waals surface area contributed by atoms with Gasteiger partial charge in [0.2, 0.25) is 0 Å². The fraction of sp³-hybridized carbons (Fsp3) is 0.400. The van der Waals surface area contributed by atoms with Crippen LogP contribution >= 0.6 is 0 Å². The first kappa shape index (κ1) is 19.1. The lowest BCUT2D eigenvalue weighted by atomic mass is 10.0. The van der Waals surface area contributed by atoms with Gasteiger partial charge < -0.3 is 9.64 Å². The monoisotopic (exact) mass is 370 g/mol. The molecule has 0 radical (unpaired) electrons. The van der Waals surface area contributed by atoms with Crippen LogP contribution in [-0.2, 0) is 16.1 Å². The van der Waals surface area contributed by atoms with Crippen molar-refractivity contribution in [3.8, 4) is 5.69 Å². The molecule has 2 heterocycles. The fourth-order valence-corrected chi connectivity index (χ4v) is 2.97. The van der Waals surface area contributed by atoms with E-state index in [4.69, 9.17) is 9.57 Å². The Labute approximate surface area is 159 Å². The van der Waals surface area contributed by atoms with Crippen LogP contribution in [0.2, 0.25) is 0 Å². The maximum absolute atomic E-state index is 12.7. The van der Waals surface area contributed by atoms with E-state index in [0.29, 0.717) is 19.7 Å². The van der Waals surface area contributed by atoms with E-state index in [-0.39, 0.29) is 12.1 Å². The normalized spacial score (nSPS) is 16.7. The molecule has 0 aliphatic carbocycles. The molecule has 7 nitrogen and oxygen atoms in total. The van der Waals surface area contributed by atoms with Gasteiger partial charge in [-0.25, -0.2) is 9.48 Å². The molecular formula is C20H26N4O3. The number of rotatable bonds is 5. The first-order chi connectivity index (χ1) is 12.9. The number of nitrogens with one attached hydrogen (secondary N) is 1. The Balaban J connectivity index is 1.90. The lowest BCUT2D eigenvalue weighted by Crippen LogP contribution is -2.45. The van der Waals surface area contributed by atoms with Gasteiger partial charge in [-0.1, -0.05) is 24.3 Å². The predicted octanol–water partition coefficient (Wildman–Crippen LogP) is 3.37. The van der Waals surface area contributed by atoms with Crippen molar-refractivity contribution in [1.82, 2.24) is 20.2 Å². The lowest BCUT2D eigenvalue weighted by Gasteiger charge is -2.34. The zero-order chi connectivity index (χ0) is 19.4. The second kappa shape index (κ2) is 7.94. The lowest BCUT2D eigenvalue weighted by molar-refractivity contribution is -0.00219. The molecule has 0 saturated heterocycles. The van der Waals surface area contributed by atoms with Crippen molar-refractivity contribution in [2.45, 2.75) is 39.0 Å². The smallest absolute Gasteiger partial charge is 0.410 e. The van der Waals surface area contributed by atoms with E-state index in [1.54, 1.807) is 11.0 Å². The third kappa shape index (κ3) is 4.56. The Kier molecular flexibility index (Phi) is 5.62. The van der Waals surface area contributed by atoms with Crippen molar-refractivity contribution in [3.63, 3.8) is 0 Å². The third-order valence-corrected chi connectivity index (χ3v) is 4.10. The molecule has 0 spiro atoms. The molecule has 0 bridgehead atoms. The number of nitrogens with zero attached hydrogens (tertiary/aromatic N) is 3. The number of carbonyl (C=O) groups is 1. The molecule has 1 N–H and O–H groups in total. The van der Waals surface area contributed by atoms with Crippen molar-refractivity contribution in [1.29, 1.82) is 0 Å². The fourth-order valence-electron chi connectivity index (χ4n) is 2.97. The summed E-state index contributed by atoms with van der Waals surface area (Å²) in [5.41, 5.74) is 5.33. The average Bonchev–Trinajstić information content (AvgIpc) is 3.05. The number of hydroxylamine groups is 1. The van der Waals surface area contributed by atoms with Gasteiger partial charge in [-0.2, -0.15) is 10.6 Å². The molecule has 1 unspecified atom stereocenters. The summed E-state index contributed by atoms with van der Waals surface area (Å²) in [6, 6.07) is 9.63. The van der Waals surface area contributed by atoms with E-state index in [1.807, 2.05) is 62.0 Å². The number of hydrogen-bond acceptors (Lipinski definition) is 5. The van der Waals surface area contributed by atoms with Crippen molar-refractivity contribution in [2.24, 2.45) is 0 Å². The standard InChI is InChI=1S/C20H26N4O3/c1-5-11-26-22-17-13-23(19(25)27-20(2,3)4)14-18-16(17)12-21-24(18)15-9-7-6-8-10-15/h5-10,12,17,22H,1,11,13-14H2,2-4H3. The average molecular weight is 370 g/mol. The van der Waals surface area contributed by atoms with Gasteiger partial charge in [0.15, 0.2) is 0 Å². The van der Waals surface area contributed by atoms with E-state index in [0.717, 1.165) is 16.9 Å². The molecule has 0 fully saturated rings. The quantitative estimate of drug-likeness (QED) is 0.496. The molecule has 1 aliphatic rings. The molecule has 27 heavy (non-hydrogen) atoms. The second-order valence-electron chi connectivity index (χ2n) is 7.42. The first-order valence-corrected chi connectivity index (χ1v) is 8.97. The summed E-state index contributed by atoms with van der Waals surface area (Å²) in [5, 5.41) is 4.54. The van der Waals surface area contributed by atoms with Crippen LogP contribution in [0.1, 0.15) is 38.1 Å². The predicted molar refractivity (Wildman–Crippen MR) is 102 cm³/mol. The number of carbonyl (C=O) groups excluding carboxylic acids is 1. The van der Waals surface area contributed by atoms with Crippen LogP contribution in [0, 0.1) is 0 Å². The van der Waals surface area contributed by atoms with E-state index in [9.17, 15) is 4.79 Å². The number of amides is 1. The number of ether oxygens (including phenoxy) is 1. The molecule has 1 aliphatic heterocycles. The Morgan fingerprint density at radius 1 is 1.37 bits per heavy atom. The maximum atomic E-state index is 12.7.